The SMILES string of the molecule is COc1ccc(C2CC(=O)N(c3cccc(C(N)=O)c3)C2)c(Oc2c(C)cccc2C)c1. The first-order valence-corrected chi connectivity index (χ1v) is 10.5. The predicted molar refractivity (Wildman–Crippen MR) is 124 cm³/mol. The van der Waals surface area contributed by atoms with Crippen molar-refractivity contribution >= 4 is 17.5 Å². The van der Waals surface area contributed by atoms with E-state index in [9.17, 15) is 9.59 Å². The van der Waals surface area contributed by atoms with E-state index in [1.54, 1.807) is 30.2 Å². The van der Waals surface area contributed by atoms with Gasteiger partial charge in [-0.2, -0.15) is 0 Å². The monoisotopic (exact) mass is 430 g/mol. The molecule has 0 spiro atoms. The number of benzene rings is 3. The number of aryl methyl sites for hydroxylation is 2. The fraction of sp³-hybridized carbons (Fsp3) is 0.231. The lowest BCUT2D eigenvalue weighted by atomic mass is 9.97. The fourth-order valence-electron chi connectivity index (χ4n) is 4.13. The summed E-state index contributed by atoms with van der Waals surface area (Å²) >= 11 is 0. The van der Waals surface area contributed by atoms with Crippen LogP contribution in [0.3, 0.4) is 0 Å². The van der Waals surface area contributed by atoms with Gasteiger partial charge in [0.05, 0.1) is 7.11 Å². The molecule has 3 aromatic rings. The first kappa shape index (κ1) is 21.4. The third kappa shape index (κ3) is 4.17. The molecule has 32 heavy (non-hydrogen) atoms. The van der Waals surface area contributed by atoms with Crippen molar-refractivity contribution in [1.29, 1.82) is 0 Å². The second-order valence-electron chi connectivity index (χ2n) is 8.05. The molecule has 6 nitrogen and oxygen atoms in total. The first-order chi connectivity index (χ1) is 15.4. The average Bonchev–Trinajstić information content (AvgIpc) is 3.17. The molecule has 2 amide bonds. The van der Waals surface area contributed by atoms with Crippen LogP contribution < -0.4 is 20.1 Å². The topological polar surface area (TPSA) is 81.9 Å². The van der Waals surface area contributed by atoms with Gasteiger partial charge < -0.3 is 20.1 Å². The van der Waals surface area contributed by atoms with Crippen molar-refractivity contribution in [2.24, 2.45) is 5.73 Å². The van der Waals surface area contributed by atoms with E-state index in [0.717, 1.165) is 22.4 Å². The van der Waals surface area contributed by atoms with Gasteiger partial charge in [0.2, 0.25) is 11.8 Å². The predicted octanol–water partition coefficient (Wildman–Crippen LogP) is 4.72. The van der Waals surface area contributed by atoms with E-state index >= 15 is 0 Å². The number of carbonyl (C=O) groups excluding carboxylic acids is 2. The van der Waals surface area contributed by atoms with Crippen LogP contribution in [-0.4, -0.2) is 25.5 Å². The molecule has 1 heterocycles. The van der Waals surface area contributed by atoms with Crippen LogP contribution in [0.2, 0.25) is 0 Å². The molecular formula is C26H26N2O4. The van der Waals surface area contributed by atoms with Crippen molar-refractivity contribution in [1.82, 2.24) is 0 Å². The molecule has 0 radical (unpaired) electrons. The smallest absolute Gasteiger partial charge is 0.248 e. The molecule has 2 N–H and O–H groups in total. The molecule has 3 aromatic carbocycles. The Labute approximate surface area is 187 Å². The van der Waals surface area contributed by atoms with Crippen LogP contribution in [0.15, 0.2) is 60.7 Å². The van der Waals surface area contributed by atoms with Gasteiger partial charge in [-0.1, -0.05) is 30.3 Å². The summed E-state index contributed by atoms with van der Waals surface area (Å²) < 4.78 is 11.8. The van der Waals surface area contributed by atoms with E-state index in [2.05, 4.69) is 0 Å². The van der Waals surface area contributed by atoms with Gasteiger partial charge in [-0.25, -0.2) is 0 Å². The van der Waals surface area contributed by atoms with Crippen LogP contribution in [0.25, 0.3) is 0 Å². The summed E-state index contributed by atoms with van der Waals surface area (Å²) in [6, 6.07) is 18.6. The van der Waals surface area contributed by atoms with E-state index in [4.69, 9.17) is 15.2 Å². The highest BCUT2D eigenvalue weighted by Gasteiger charge is 2.34. The van der Waals surface area contributed by atoms with Crippen molar-refractivity contribution < 1.29 is 19.1 Å². The maximum absolute atomic E-state index is 12.9. The molecular weight excluding hydrogens is 404 g/mol. The Hall–Kier alpha value is -3.80. The van der Waals surface area contributed by atoms with Gasteiger partial charge in [-0.15, -0.1) is 0 Å². The van der Waals surface area contributed by atoms with Crippen molar-refractivity contribution in [2.75, 3.05) is 18.6 Å². The second kappa shape index (κ2) is 8.75. The molecule has 0 saturated carbocycles. The summed E-state index contributed by atoms with van der Waals surface area (Å²) in [6.45, 7) is 4.50. The minimum Gasteiger partial charge on any atom is -0.497 e. The van der Waals surface area contributed by atoms with Crippen molar-refractivity contribution in [3.63, 3.8) is 0 Å². The number of nitrogens with zero attached hydrogens (tertiary/aromatic N) is 1. The molecule has 0 aromatic heterocycles. The Kier molecular flexibility index (Phi) is 5.86. The number of rotatable bonds is 6. The summed E-state index contributed by atoms with van der Waals surface area (Å²) in [6.07, 6.45) is 0.343. The number of primary amides is 1. The maximum Gasteiger partial charge on any atom is 0.248 e. The normalized spacial score (nSPS) is 15.7. The average molecular weight is 431 g/mol. The molecule has 164 valence electrons. The summed E-state index contributed by atoms with van der Waals surface area (Å²) in [7, 11) is 1.62. The maximum atomic E-state index is 12.9. The van der Waals surface area contributed by atoms with E-state index in [1.165, 1.54) is 0 Å². The van der Waals surface area contributed by atoms with Crippen molar-refractivity contribution in [2.45, 2.75) is 26.2 Å². The molecule has 1 unspecified atom stereocenters. The summed E-state index contributed by atoms with van der Waals surface area (Å²) in [5, 5.41) is 0. The van der Waals surface area contributed by atoms with E-state index < -0.39 is 5.91 Å². The number of para-hydroxylation sites is 1. The van der Waals surface area contributed by atoms with Crippen LogP contribution in [-0.2, 0) is 4.79 Å². The summed E-state index contributed by atoms with van der Waals surface area (Å²) in [5.74, 6) is 1.57. The highest BCUT2D eigenvalue weighted by molar-refractivity contribution is 5.99. The highest BCUT2D eigenvalue weighted by Crippen LogP contribution is 2.41. The number of amides is 2. The fourth-order valence-corrected chi connectivity index (χ4v) is 4.13. The Morgan fingerprint density at radius 2 is 1.75 bits per heavy atom. The Bertz CT molecular complexity index is 1170. The molecule has 1 fully saturated rings. The minimum atomic E-state index is -0.519. The van der Waals surface area contributed by atoms with E-state index in [0.29, 0.717) is 35.7 Å². The molecule has 0 bridgehead atoms. The van der Waals surface area contributed by atoms with Gasteiger partial charge in [0.15, 0.2) is 0 Å². The number of hydrogen-bond donors (Lipinski definition) is 1. The molecule has 4 rings (SSSR count). The summed E-state index contributed by atoms with van der Waals surface area (Å²) in [5.41, 5.74) is 9.46. The third-order valence-electron chi connectivity index (χ3n) is 5.85. The standard InChI is InChI=1S/C26H26N2O4/c1-16-6-4-7-17(2)25(16)32-23-14-21(31-3)10-11-22(23)19-13-24(29)28(15-19)20-9-5-8-18(12-20)26(27)30/h4-12,14,19H,13,15H2,1-3H3,(H2,27,30). The summed E-state index contributed by atoms with van der Waals surface area (Å²) in [4.78, 5) is 26.1. The lowest BCUT2D eigenvalue weighted by molar-refractivity contribution is -0.117. The molecule has 1 aliphatic heterocycles. The van der Waals surface area contributed by atoms with Crippen molar-refractivity contribution in [3.05, 3.63) is 82.9 Å². The number of methoxy groups -OCH3 is 1. The van der Waals surface area contributed by atoms with Crippen LogP contribution >= 0.6 is 0 Å². The van der Waals surface area contributed by atoms with Crippen LogP contribution in [0, 0.1) is 13.8 Å². The lowest BCUT2D eigenvalue weighted by Crippen LogP contribution is -2.24. The van der Waals surface area contributed by atoms with Gasteiger partial charge in [-0.3, -0.25) is 9.59 Å². The second-order valence-corrected chi connectivity index (χ2v) is 8.05. The number of anilines is 1. The van der Waals surface area contributed by atoms with E-state index in [1.807, 2.05) is 56.3 Å². The van der Waals surface area contributed by atoms with Gasteiger partial charge in [-0.05, 0) is 49.2 Å². The van der Waals surface area contributed by atoms with Gasteiger partial charge in [0.25, 0.3) is 0 Å². The zero-order valence-electron chi connectivity index (χ0n) is 18.4. The Morgan fingerprint density at radius 3 is 2.44 bits per heavy atom. The highest BCUT2D eigenvalue weighted by atomic mass is 16.5. The van der Waals surface area contributed by atoms with E-state index in [-0.39, 0.29) is 11.8 Å². The van der Waals surface area contributed by atoms with Crippen LogP contribution in [0.5, 0.6) is 17.2 Å². The largest absolute Gasteiger partial charge is 0.497 e. The molecule has 0 aliphatic carbocycles. The number of carbonyl (C=O) groups is 2. The number of hydrogen-bond acceptors (Lipinski definition) is 4. The van der Waals surface area contributed by atoms with Crippen molar-refractivity contribution in [3.8, 4) is 17.2 Å². The minimum absolute atomic E-state index is 0.00883. The van der Waals surface area contributed by atoms with Gasteiger partial charge in [0, 0.05) is 41.8 Å². The Balaban J connectivity index is 1.67. The molecule has 1 aliphatic rings. The molecule has 6 heteroatoms. The first-order valence-electron chi connectivity index (χ1n) is 10.5. The lowest BCUT2D eigenvalue weighted by Gasteiger charge is -2.20. The van der Waals surface area contributed by atoms with Crippen LogP contribution in [0.1, 0.15) is 39.4 Å². The molecule has 1 atom stereocenters. The van der Waals surface area contributed by atoms with Gasteiger partial charge in [0.1, 0.15) is 17.2 Å². The quantitative estimate of drug-likeness (QED) is 0.613. The Morgan fingerprint density at radius 1 is 1.03 bits per heavy atom. The van der Waals surface area contributed by atoms with Gasteiger partial charge >= 0.3 is 0 Å². The molecule has 1 saturated heterocycles. The third-order valence-corrected chi connectivity index (χ3v) is 5.85. The van der Waals surface area contributed by atoms with Crippen LogP contribution in [0.4, 0.5) is 5.69 Å². The number of nitrogens with two attached hydrogens (primary N) is 1. The zero-order chi connectivity index (χ0) is 22.8. The zero-order valence-corrected chi connectivity index (χ0v) is 18.4. The number of ether oxygens (including phenoxy) is 2.